The predicted octanol–water partition coefficient (Wildman–Crippen LogP) is 5.00. The molecule has 31 heavy (non-hydrogen) atoms. The molecule has 0 fully saturated rings. The summed E-state index contributed by atoms with van der Waals surface area (Å²) in [4.78, 5) is 12.3. The van der Waals surface area contributed by atoms with Crippen LogP contribution in [0.15, 0.2) is 84.0 Å². The summed E-state index contributed by atoms with van der Waals surface area (Å²) in [6.07, 6.45) is 0. The number of carbonyl (C=O) groups is 1. The molecule has 1 amide bonds. The first-order valence-electron chi connectivity index (χ1n) is 9.50. The van der Waals surface area contributed by atoms with Gasteiger partial charge in [-0.3, -0.25) is 9.36 Å². The molecule has 3 aromatic carbocycles. The Morgan fingerprint density at radius 1 is 0.935 bits per heavy atom. The summed E-state index contributed by atoms with van der Waals surface area (Å²) in [6.45, 7) is 0.422. The molecule has 156 valence electrons. The van der Waals surface area contributed by atoms with Gasteiger partial charge in [-0.15, -0.1) is 10.2 Å². The zero-order valence-electron chi connectivity index (χ0n) is 16.3. The maximum Gasteiger partial charge on any atom is 0.234 e. The molecule has 0 unspecified atom stereocenters. The lowest BCUT2D eigenvalue weighted by atomic mass is 10.2. The summed E-state index contributed by atoms with van der Waals surface area (Å²) in [5, 5.41) is 11.5. The van der Waals surface area contributed by atoms with Crippen LogP contribution in [0, 0.1) is 11.6 Å². The summed E-state index contributed by atoms with van der Waals surface area (Å²) in [5.41, 5.74) is 1.70. The smallest absolute Gasteiger partial charge is 0.234 e. The number of benzene rings is 3. The van der Waals surface area contributed by atoms with Crippen LogP contribution in [0.25, 0.3) is 11.4 Å². The van der Waals surface area contributed by atoms with Crippen LogP contribution in [0.5, 0.6) is 0 Å². The maximum absolute atomic E-state index is 14.4. The molecule has 0 atom stereocenters. The first-order valence-corrected chi connectivity index (χ1v) is 10.5. The molecule has 0 aliphatic heterocycles. The maximum atomic E-state index is 14.4. The molecule has 0 radical (unpaired) electrons. The number of rotatable bonds is 7. The van der Waals surface area contributed by atoms with E-state index in [9.17, 15) is 13.6 Å². The number of aromatic nitrogens is 3. The van der Waals surface area contributed by atoms with Gasteiger partial charge in [-0.25, -0.2) is 8.78 Å². The van der Waals surface area contributed by atoms with Gasteiger partial charge in [0.25, 0.3) is 0 Å². The average molecular weight is 436 g/mol. The van der Waals surface area contributed by atoms with Crippen molar-refractivity contribution >= 4 is 23.4 Å². The summed E-state index contributed by atoms with van der Waals surface area (Å²) in [6, 6.07) is 21.7. The highest BCUT2D eigenvalue weighted by atomic mass is 32.2. The largest absolute Gasteiger partial charge is 0.325 e. The summed E-state index contributed by atoms with van der Waals surface area (Å²) in [5.74, 6) is -0.708. The first kappa shape index (κ1) is 20.7. The molecule has 4 rings (SSSR count). The minimum atomic E-state index is -0.428. The van der Waals surface area contributed by atoms with E-state index in [0.717, 1.165) is 5.56 Å². The molecule has 4 aromatic rings. The fourth-order valence-corrected chi connectivity index (χ4v) is 3.78. The van der Waals surface area contributed by atoms with Crippen LogP contribution in [-0.2, 0) is 11.3 Å². The lowest BCUT2D eigenvalue weighted by Gasteiger charge is -2.11. The highest BCUT2D eigenvalue weighted by Gasteiger charge is 2.18. The molecule has 1 heterocycles. The minimum absolute atomic E-state index is 0.0424. The summed E-state index contributed by atoms with van der Waals surface area (Å²) >= 11 is 1.18. The van der Waals surface area contributed by atoms with Crippen LogP contribution in [0.4, 0.5) is 14.5 Å². The number of nitrogens with one attached hydrogen (secondary N) is 1. The Hall–Kier alpha value is -3.52. The van der Waals surface area contributed by atoms with Gasteiger partial charge in [-0.05, 0) is 35.9 Å². The highest BCUT2D eigenvalue weighted by Crippen LogP contribution is 2.27. The third kappa shape index (κ3) is 5.16. The molecule has 0 aliphatic rings. The Kier molecular flexibility index (Phi) is 6.37. The SMILES string of the molecule is O=C(CSc1nnc(-c2ccccc2F)n1Cc1ccccc1)Nc1cccc(F)c1. The van der Waals surface area contributed by atoms with Crippen molar-refractivity contribution in [3.63, 3.8) is 0 Å². The lowest BCUT2D eigenvalue weighted by molar-refractivity contribution is -0.113. The second-order valence-corrected chi connectivity index (χ2v) is 7.65. The number of hydrogen-bond donors (Lipinski definition) is 1. The van der Waals surface area contributed by atoms with Crippen LogP contribution in [0.2, 0.25) is 0 Å². The van der Waals surface area contributed by atoms with Crippen LogP contribution in [0.1, 0.15) is 5.56 Å². The van der Waals surface area contributed by atoms with E-state index in [2.05, 4.69) is 15.5 Å². The molecular weight excluding hydrogens is 418 g/mol. The van der Waals surface area contributed by atoms with E-state index in [-0.39, 0.29) is 11.7 Å². The van der Waals surface area contributed by atoms with E-state index in [4.69, 9.17) is 0 Å². The Bertz CT molecular complexity index is 1200. The second kappa shape index (κ2) is 9.53. The molecule has 8 heteroatoms. The fraction of sp³-hybridized carbons (Fsp3) is 0.0870. The van der Waals surface area contributed by atoms with E-state index >= 15 is 0 Å². The van der Waals surface area contributed by atoms with Gasteiger partial charge in [-0.1, -0.05) is 60.3 Å². The Morgan fingerprint density at radius 3 is 2.48 bits per heavy atom. The van der Waals surface area contributed by atoms with Gasteiger partial charge in [0, 0.05) is 5.69 Å². The van der Waals surface area contributed by atoms with Gasteiger partial charge >= 0.3 is 0 Å². The second-order valence-electron chi connectivity index (χ2n) is 6.70. The number of hydrogen-bond acceptors (Lipinski definition) is 4. The van der Waals surface area contributed by atoms with Gasteiger partial charge in [0.1, 0.15) is 11.6 Å². The van der Waals surface area contributed by atoms with E-state index in [1.807, 2.05) is 30.3 Å². The number of halogens is 2. The van der Waals surface area contributed by atoms with E-state index in [1.165, 1.54) is 36.0 Å². The molecule has 0 bridgehead atoms. The Balaban J connectivity index is 1.57. The van der Waals surface area contributed by atoms with Crippen molar-refractivity contribution in [2.24, 2.45) is 0 Å². The van der Waals surface area contributed by atoms with Crippen molar-refractivity contribution in [1.29, 1.82) is 0 Å². The normalized spacial score (nSPS) is 10.8. The van der Waals surface area contributed by atoms with E-state index < -0.39 is 11.6 Å². The Morgan fingerprint density at radius 2 is 1.71 bits per heavy atom. The number of thioether (sulfide) groups is 1. The Labute approximate surface area is 182 Å². The van der Waals surface area contributed by atoms with Gasteiger partial charge < -0.3 is 5.32 Å². The topological polar surface area (TPSA) is 59.8 Å². The van der Waals surface area contributed by atoms with Gasteiger partial charge in [0.2, 0.25) is 5.91 Å². The molecular formula is C23H18F2N4OS. The molecule has 1 N–H and O–H groups in total. The zero-order valence-corrected chi connectivity index (χ0v) is 17.2. The molecule has 0 aliphatic carbocycles. The predicted molar refractivity (Wildman–Crippen MR) is 117 cm³/mol. The van der Waals surface area contributed by atoms with Gasteiger partial charge in [0.05, 0.1) is 17.9 Å². The van der Waals surface area contributed by atoms with Gasteiger partial charge in [-0.2, -0.15) is 0 Å². The zero-order chi connectivity index (χ0) is 21.6. The number of nitrogens with zero attached hydrogens (tertiary/aromatic N) is 3. The van der Waals surface area contributed by atoms with Crippen LogP contribution < -0.4 is 5.32 Å². The third-order valence-electron chi connectivity index (χ3n) is 4.46. The van der Waals surface area contributed by atoms with Crippen molar-refractivity contribution in [3.8, 4) is 11.4 Å². The molecule has 0 saturated heterocycles. The van der Waals surface area contributed by atoms with Crippen LogP contribution in [-0.4, -0.2) is 26.4 Å². The lowest BCUT2D eigenvalue weighted by Crippen LogP contribution is -2.15. The van der Waals surface area contributed by atoms with Crippen LogP contribution >= 0.6 is 11.8 Å². The molecule has 5 nitrogen and oxygen atoms in total. The van der Waals surface area contributed by atoms with Crippen molar-refractivity contribution in [2.75, 3.05) is 11.1 Å². The van der Waals surface area contributed by atoms with Gasteiger partial charge in [0.15, 0.2) is 11.0 Å². The summed E-state index contributed by atoms with van der Waals surface area (Å²) in [7, 11) is 0. The minimum Gasteiger partial charge on any atom is -0.325 e. The van der Waals surface area contributed by atoms with Crippen molar-refractivity contribution in [1.82, 2.24) is 14.8 Å². The fourth-order valence-electron chi connectivity index (χ4n) is 3.04. The first-order chi connectivity index (χ1) is 15.1. The highest BCUT2D eigenvalue weighted by molar-refractivity contribution is 7.99. The number of anilines is 1. The van der Waals surface area contributed by atoms with Crippen molar-refractivity contribution < 1.29 is 13.6 Å². The number of amides is 1. The van der Waals surface area contributed by atoms with Crippen LogP contribution in [0.3, 0.4) is 0 Å². The molecule has 1 aromatic heterocycles. The van der Waals surface area contributed by atoms with E-state index in [0.29, 0.717) is 28.8 Å². The summed E-state index contributed by atoms with van der Waals surface area (Å²) < 4.78 is 29.5. The van der Waals surface area contributed by atoms with Crippen molar-refractivity contribution in [2.45, 2.75) is 11.7 Å². The average Bonchev–Trinajstić information content (AvgIpc) is 3.15. The van der Waals surface area contributed by atoms with E-state index in [1.54, 1.807) is 28.8 Å². The standard InChI is InChI=1S/C23H18F2N4OS/c24-17-9-6-10-18(13-17)26-21(30)15-31-23-28-27-22(19-11-4-5-12-20(19)25)29(23)14-16-7-2-1-3-8-16/h1-13H,14-15H2,(H,26,30). The third-order valence-corrected chi connectivity index (χ3v) is 5.42. The number of carbonyl (C=O) groups excluding carboxylic acids is 1. The quantitative estimate of drug-likeness (QED) is 0.414. The molecule has 0 spiro atoms. The monoisotopic (exact) mass is 436 g/mol. The molecule has 0 saturated carbocycles. The van der Waals surface area contributed by atoms with Crippen molar-refractivity contribution in [3.05, 3.63) is 96.1 Å².